The topological polar surface area (TPSA) is 221 Å². The van der Waals surface area contributed by atoms with E-state index < -0.39 is 47.7 Å². The van der Waals surface area contributed by atoms with Crippen molar-refractivity contribution in [1.29, 1.82) is 0 Å². The number of fused-ring (bicyclic) bond motifs is 1. The summed E-state index contributed by atoms with van der Waals surface area (Å²) in [5.41, 5.74) is -0.305. The Labute approximate surface area is 314 Å². The molecule has 0 bridgehead atoms. The third kappa shape index (κ3) is 9.56. The number of nitrogens with zero attached hydrogens (tertiary/aromatic N) is 5. The monoisotopic (exact) mass is 771 g/mol. The van der Waals surface area contributed by atoms with Crippen LogP contribution in [0.15, 0.2) is 35.2 Å². The van der Waals surface area contributed by atoms with Crippen molar-refractivity contribution in [3.8, 4) is 11.5 Å². The maximum absolute atomic E-state index is 13.3. The first-order chi connectivity index (χ1) is 26.6. The molecule has 5 amide bonds. The zero-order valence-corrected chi connectivity index (χ0v) is 30.1. The smallest absolute Gasteiger partial charge is 0.284 e. The molecule has 55 heavy (non-hydrogen) atoms. The minimum Gasteiger partial charge on any atom is -0.443 e. The number of carbonyl (C=O) groups excluding carboxylic acids is 5. The Kier molecular flexibility index (Phi) is 13.2. The fraction of sp³-hybridized carbons (Fsp3) is 0.543. The van der Waals surface area contributed by atoms with Crippen molar-refractivity contribution < 1.29 is 51.4 Å². The Morgan fingerprint density at radius 2 is 1.76 bits per heavy atom. The van der Waals surface area contributed by atoms with Gasteiger partial charge in [-0.25, -0.2) is 18.7 Å². The van der Waals surface area contributed by atoms with Gasteiger partial charge in [0.25, 0.3) is 12.3 Å². The Balaban J connectivity index is 0.829. The van der Waals surface area contributed by atoms with Crippen LogP contribution in [0.25, 0.3) is 11.5 Å². The van der Waals surface area contributed by atoms with Crippen LogP contribution in [-0.4, -0.2) is 119 Å². The number of nitrogens with one attached hydrogen (secondary N) is 4. The maximum atomic E-state index is 13.3. The number of carbonyl (C=O) groups is 5. The highest BCUT2D eigenvalue weighted by atomic mass is 19.3. The van der Waals surface area contributed by atoms with Gasteiger partial charge >= 0.3 is 0 Å². The number of hydrogen-bond acceptors (Lipinski definition) is 14. The summed E-state index contributed by atoms with van der Waals surface area (Å²) in [5.74, 6) is -2.86. The molecule has 3 fully saturated rings. The van der Waals surface area contributed by atoms with Gasteiger partial charge in [-0.3, -0.25) is 38.9 Å². The number of imide groups is 2. The quantitative estimate of drug-likeness (QED) is 0.101. The number of oxazole rings is 1. The molecule has 2 aliphatic heterocycles. The van der Waals surface area contributed by atoms with Crippen LogP contribution >= 0.6 is 0 Å². The van der Waals surface area contributed by atoms with E-state index in [2.05, 4.69) is 36.3 Å². The molecule has 4 atom stereocenters. The van der Waals surface area contributed by atoms with Crippen LogP contribution in [0, 0.1) is 11.8 Å². The first kappa shape index (κ1) is 39.5. The number of likely N-dealkylation sites (tertiary alicyclic amines) is 1. The van der Waals surface area contributed by atoms with Gasteiger partial charge in [0.1, 0.15) is 18.1 Å². The lowest BCUT2D eigenvalue weighted by atomic mass is 9.77. The molecule has 296 valence electrons. The first-order valence-corrected chi connectivity index (χ1v) is 18.1. The fourth-order valence-corrected chi connectivity index (χ4v) is 7.00. The van der Waals surface area contributed by atoms with Gasteiger partial charge in [0.05, 0.1) is 62.7 Å². The number of ether oxygens (including phenoxy) is 3. The average Bonchev–Trinajstić information content (AvgIpc) is 3.87. The van der Waals surface area contributed by atoms with Crippen molar-refractivity contribution in [3.05, 3.63) is 42.2 Å². The normalized spacial score (nSPS) is 21.3. The fourth-order valence-electron chi connectivity index (χ4n) is 7.00. The van der Waals surface area contributed by atoms with E-state index in [0.29, 0.717) is 70.5 Å². The number of aryl methyl sites for hydroxylation is 1. The number of pyridine rings is 1. The Morgan fingerprint density at radius 3 is 2.51 bits per heavy atom. The van der Waals surface area contributed by atoms with Crippen molar-refractivity contribution in [3.63, 3.8) is 0 Å². The van der Waals surface area contributed by atoms with Gasteiger partial charge in [0.2, 0.25) is 29.5 Å². The maximum Gasteiger partial charge on any atom is 0.284 e. The first-order valence-electron chi connectivity index (χ1n) is 18.1. The highest BCUT2D eigenvalue weighted by molar-refractivity contribution is 6.11. The minimum atomic E-state index is -2.87. The summed E-state index contributed by atoms with van der Waals surface area (Å²) in [6, 6.07) is 2.24. The number of rotatable bonds is 19. The van der Waals surface area contributed by atoms with E-state index in [1.807, 2.05) is 0 Å². The van der Waals surface area contributed by atoms with E-state index in [0.717, 1.165) is 24.0 Å². The van der Waals surface area contributed by atoms with Crippen molar-refractivity contribution in [2.24, 2.45) is 18.9 Å². The zero-order valence-electron chi connectivity index (χ0n) is 30.1. The predicted molar refractivity (Wildman–Crippen MR) is 187 cm³/mol. The Bertz CT molecular complexity index is 1850. The summed E-state index contributed by atoms with van der Waals surface area (Å²) in [4.78, 5) is 72.7. The number of amides is 5. The van der Waals surface area contributed by atoms with Crippen LogP contribution in [0.3, 0.4) is 0 Å². The zero-order chi connectivity index (χ0) is 38.9. The second-order valence-corrected chi connectivity index (χ2v) is 13.2. The van der Waals surface area contributed by atoms with Crippen LogP contribution in [0.5, 0.6) is 0 Å². The van der Waals surface area contributed by atoms with Gasteiger partial charge in [-0.1, -0.05) is 6.42 Å². The summed E-state index contributed by atoms with van der Waals surface area (Å²) >= 11 is 0. The lowest BCUT2D eigenvalue weighted by Gasteiger charge is -2.31. The summed E-state index contributed by atoms with van der Waals surface area (Å²) in [7, 11) is 1.47. The van der Waals surface area contributed by atoms with Crippen LogP contribution in [0.1, 0.15) is 54.7 Å². The molecule has 5 heterocycles. The number of anilines is 2. The Morgan fingerprint density at radius 1 is 1.02 bits per heavy atom. The van der Waals surface area contributed by atoms with Crippen molar-refractivity contribution in [2.45, 2.75) is 50.6 Å². The third-order valence-corrected chi connectivity index (χ3v) is 9.52. The van der Waals surface area contributed by atoms with E-state index in [4.69, 9.17) is 18.6 Å². The van der Waals surface area contributed by atoms with Gasteiger partial charge in [-0.15, -0.1) is 0 Å². The molecular formula is C35H43F2N9O9. The largest absolute Gasteiger partial charge is 0.443 e. The average molecular weight is 772 g/mol. The van der Waals surface area contributed by atoms with E-state index in [9.17, 15) is 32.8 Å². The molecule has 6 rings (SSSR count). The summed E-state index contributed by atoms with van der Waals surface area (Å²) < 4.78 is 50.1. The molecule has 4 N–H and O–H groups in total. The highest BCUT2D eigenvalue weighted by Crippen LogP contribution is 2.40. The molecule has 3 aromatic rings. The lowest BCUT2D eigenvalue weighted by Crippen LogP contribution is -2.55. The van der Waals surface area contributed by atoms with Gasteiger partial charge in [-0.2, -0.15) is 5.10 Å². The molecule has 3 aromatic heterocycles. The number of hydrogen-bond donors (Lipinski definition) is 4. The van der Waals surface area contributed by atoms with Crippen LogP contribution in [0.2, 0.25) is 0 Å². The van der Waals surface area contributed by atoms with Gasteiger partial charge in [0.15, 0.2) is 11.4 Å². The standard InChI is InChI=1S/C35H43F2N9O9/c1-45-18-23(28(44-45)29(36)37)41-31(48)24-19-55-33(42-24)21-5-3-9-39-30(21)40-11-13-53-15-17-54-16-14-52-12-10-38-22-6-2-4-20-27(22)35(51)46(34(20)50)25-7-8-26(47)43-32(25)49/h3,5,9,18-20,22,25,27,29,38H,2,4,6-8,10-17H2,1H3,(H,39,40)(H,41,48)(H,43,47,49). The number of aromatic nitrogens is 4. The van der Waals surface area contributed by atoms with Crippen LogP contribution < -0.4 is 21.3 Å². The molecular weight excluding hydrogens is 728 g/mol. The van der Waals surface area contributed by atoms with E-state index in [1.165, 1.54) is 17.9 Å². The van der Waals surface area contributed by atoms with E-state index in [1.54, 1.807) is 18.3 Å². The van der Waals surface area contributed by atoms with Crippen molar-refractivity contribution in [2.75, 3.05) is 63.4 Å². The molecule has 3 aliphatic rings. The number of halogens is 2. The van der Waals surface area contributed by atoms with E-state index >= 15 is 0 Å². The van der Waals surface area contributed by atoms with Crippen molar-refractivity contribution in [1.82, 2.24) is 35.3 Å². The Hall–Kier alpha value is -5.18. The molecule has 0 radical (unpaired) electrons. The number of alkyl halides is 2. The summed E-state index contributed by atoms with van der Waals surface area (Å²) in [5, 5.41) is 14.8. The molecule has 0 aromatic carbocycles. The molecule has 2 saturated heterocycles. The van der Waals surface area contributed by atoms with Gasteiger partial charge < -0.3 is 34.6 Å². The molecule has 18 nitrogen and oxygen atoms in total. The SMILES string of the molecule is Cn1cc(NC(=O)c2coc(-c3cccnc3NCCOCCOCCOCCNC3CCCC4C(=O)N(C5CCC(=O)NC5=O)C(=O)C34)n2)c(C(F)F)n1. The molecule has 4 unspecified atom stereocenters. The van der Waals surface area contributed by atoms with Crippen molar-refractivity contribution >= 4 is 41.0 Å². The molecule has 1 aliphatic carbocycles. The van der Waals surface area contributed by atoms with Crippen LogP contribution in [-0.2, 0) is 40.4 Å². The highest BCUT2D eigenvalue weighted by Gasteiger charge is 2.55. The molecule has 20 heteroatoms. The van der Waals surface area contributed by atoms with E-state index in [-0.39, 0.29) is 48.0 Å². The van der Waals surface area contributed by atoms with Gasteiger partial charge in [0, 0.05) is 45.0 Å². The predicted octanol–water partition coefficient (Wildman–Crippen LogP) is 1.67. The van der Waals surface area contributed by atoms with Gasteiger partial charge in [-0.05, 0) is 31.4 Å². The molecule has 1 saturated carbocycles. The van der Waals surface area contributed by atoms with Crippen LogP contribution in [0.4, 0.5) is 20.3 Å². The summed E-state index contributed by atoms with van der Waals surface area (Å²) in [6.07, 6.45) is 3.47. The summed E-state index contributed by atoms with van der Waals surface area (Å²) in [6.45, 7) is 2.98. The minimum absolute atomic E-state index is 0.0947. The second kappa shape index (κ2) is 18.4. The third-order valence-electron chi connectivity index (χ3n) is 9.52. The number of piperidine rings is 1. The molecule has 0 spiro atoms. The second-order valence-electron chi connectivity index (χ2n) is 13.2. The lowest BCUT2D eigenvalue weighted by molar-refractivity contribution is -0.151.